The lowest BCUT2D eigenvalue weighted by atomic mass is 10.1. The average Bonchev–Trinajstić information content (AvgIpc) is 3.05. The first-order chi connectivity index (χ1) is 11.5. The third-order valence-electron chi connectivity index (χ3n) is 3.36. The lowest BCUT2D eigenvalue weighted by Crippen LogP contribution is -1.93. The highest BCUT2D eigenvalue weighted by atomic mass is 19.2. The van der Waals surface area contributed by atoms with Crippen molar-refractivity contribution in [2.24, 2.45) is 0 Å². The molecule has 3 aromatic rings. The Hall–Kier alpha value is -3.15. The van der Waals surface area contributed by atoms with Gasteiger partial charge in [-0.3, -0.25) is 9.89 Å². The molecular weight excluding hydrogens is 317 g/mol. The van der Waals surface area contributed by atoms with Gasteiger partial charge in [0.2, 0.25) is 0 Å². The van der Waals surface area contributed by atoms with Crippen molar-refractivity contribution in [1.82, 2.24) is 10.2 Å². The zero-order chi connectivity index (χ0) is 17.1. The molecule has 120 valence electrons. The third kappa shape index (κ3) is 3.43. The fourth-order valence-electron chi connectivity index (χ4n) is 2.10. The predicted molar refractivity (Wildman–Crippen MR) is 83.7 cm³/mol. The number of benzene rings is 2. The number of aromatic nitrogens is 2. The van der Waals surface area contributed by atoms with E-state index in [-0.39, 0.29) is 5.78 Å². The van der Waals surface area contributed by atoms with Crippen LogP contribution in [0.1, 0.15) is 16.1 Å². The van der Waals surface area contributed by atoms with Crippen LogP contribution in [0.25, 0.3) is 17.3 Å². The number of allylic oxidation sites excluding steroid dienone is 1. The second-order valence-electron chi connectivity index (χ2n) is 5.04. The predicted octanol–water partition coefficient (Wildman–Crippen LogP) is 4.39. The molecule has 1 N–H and O–H groups in total. The van der Waals surface area contributed by atoms with Crippen molar-refractivity contribution in [3.63, 3.8) is 0 Å². The number of H-pyrrole nitrogens is 1. The van der Waals surface area contributed by atoms with Gasteiger partial charge >= 0.3 is 0 Å². The maximum Gasteiger partial charge on any atom is 0.185 e. The van der Waals surface area contributed by atoms with Crippen molar-refractivity contribution in [1.29, 1.82) is 0 Å². The SMILES string of the molecule is O=C(C=Cc1cc(-c2ccc(F)c(F)c2)n[nH]1)c1ccc(F)cc1. The van der Waals surface area contributed by atoms with Crippen molar-refractivity contribution in [2.45, 2.75) is 0 Å². The summed E-state index contributed by atoms with van der Waals surface area (Å²) in [6.07, 6.45) is 2.82. The third-order valence-corrected chi connectivity index (χ3v) is 3.36. The van der Waals surface area contributed by atoms with Gasteiger partial charge in [-0.15, -0.1) is 0 Å². The number of hydrogen-bond acceptors (Lipinski definition) is 2. The van der Waals surface area contributed by atoms with E-state index >= 15 is 0 Å². The van der Waals surface area contributed by atoms with E-state index in [9.17, 15) is 18.0 Å². The molecule has 1 heterocycles. The van der Waals surface area contributed by atoms with Crippen LogP contribution in [0.15, 0.2) is 54.6 Å². The molecule has 0 saturated heterocycles. The van der Waals surface area contributed by atoms with Gasteiger partial charge in [-0.1, -0.05) is 0 Å². The molecule has 6 heteroatoms. The molecule has 2 aromatic carbocycles. The molecule has 0 unspecified atom stereocenters. The Morgan fingerprint density at radius 1 is 0.958 bits per heavy atom. The first-order valence-corrected chi connectivity index (χ1v) is 7.02. The molecule has 24 heavy (non-hydrogen) atoms. The van der Waals surface area contributed by atoms with Gasteiger partial charge in [-0.25, -0.2) is 13.2 Å². The fourth-order valence-corrected chi connectivity index (χ4v) is 2.10. The number of carbonyl (C=O) groups is 1. The van der Waals surface area contributed by atoms with Gasteiger partial charge in [0, 0.05) is 11.1 Å². The number of hydrogen-bond donors (Lipinski definition) is 1. The minimum Gasteiger partial charge on any atom is -0.289 e. The highest BCUT2D eigenvalue weighted by Gasteiger charge is 2.07. The lowest BCUT2D eigenvalue weighted by Gasteiger charge is -1.96. The van der Waals surface area contributed by atoms with Gasteiger partial charge in [-0.2, -0.15) is 5.10 Å². The van der Waals surface area contributed by atoms with Crippen LogP contribution in [-0.2, 0) is 0 Å². The number of nitrogens with one attached hydrogen (secondary N) is 1. The minimum atomic E-state index is -0.959. The number of carbonyl (C=O) groups excluding carboxylic acids is 1. The molecule has 0 aliphatic carbocycles. The van der Waals surface area contributed by atoms with Gasteiger partial charge in [0.25, 0.3) is 0 Å². The number of nitrogens with zero attached hydrogens (tertiary/aromatic N) is 1. The summed E-state index contributed by atoms with van der Waals surface area (Å²) < 4.78 is 39.0. The Labute approximate surface area is 135 Å². The molecule has 0 saturated carbocycles. The highest BCUT2D eigenvalue weighted by molar-refractivity contribution is 6.06. The van der Waals surface area contributed by atoms with Gasteiger partial charge in [-0.05, 0) is 60.7 Å². The van der Waals surface area contributed by atoms with E-state index in [1.54, 1.807) is 6.07 Å². The van der Waals surface area contributed by atoms with E-state index in [2.05, 4.69) is 10.2 Å². The van der Waals surface area contributed by atoms with Crippen LogP contribution in [0.2, 0.25) is 0 Å². The molecule has 3 nitrogen and oxygen atoms in total. The Morgan fingerprint density at radius 3 is 2.42 bits per heavy atom. The molecule has 0 bridgehead atoms. The number of rotatable bonds is 4. The monoisotopic (exact) mass is 328 g/mol. The number of halogens is 3. The Kier molecular flexibility index (Phi) is 4.29. The molecular formula is C18H11F3N2O. The fraction of sp³-hybridized carbons (Fsp3) is 0. The summed E-state index contributed by atoms with van der Waals surface area (Å²) in [4.78, 5) is 12.0. The molecule has 1 aromatic heterocycles. The maximum atomic E-state index is 13.2. The molecule has 0 spiro atoms. The maximum absolute atomic E-state index is 13.2. The first kappa shape index (κ1) is 15.7. The molecule has 0 atom stereocenters. The smallest absolute Gasteiger partial charge is 0.185 e. The van der Waals surface area contributed by atoms with Crippen LogP contribution in [0, 0.1) is 17.5 Å². The molecule has 0 aliphatic heterocycles. The first-order valence-electron chi connectivity index (χ1n) is 7.02. The molecule has 0 aliphatic rings. The van der Waals surface area contributed by atoms with Crippen LogP contribution in [0.4, 0.5) is 13.2 Å². The molecule has 3 rings (SSSR count). The Bertz CT molecular complexity index is 914. The molecule has 0 amide bonds. The summed E-state index contributed by atoms with van der Waals surface area (Å²) in [7, 11) is 0. The van der Waals surface area contributed by atoms with Crippen LogP contribution in [0.3, 0.4) is 0 Å². The average molecular weight is 328 g/mol. The van der Waals surface area contributed by atoms with Crippen molar-refractivity contribution >= 4 is 11.9 Å². The van der Waals surface area contributed by atoms with E-state index in [1.807, 2.05) is 0 Å². The van der Waals surface area contributed by atoms with Gasteiger partial charge in [0.15, 0.2) is 17.4 Å². The summed E-state index contributed by atoms with van der Waals surface area (Å²) in [5, 5.41) is 6.68. The summed E-state index contributed by atoms with van der Waals surface area (Å²) in [5.41, 5.74) is 1.70. The number of ketones is 1. The van der Waals surface area contributed by atoms with E-state index in [4.69, 9.17) is 0 Å². The second kappa shape index (κ2) is 6.54. The molecule has 0 fully saturated rings. The summed E-state index contributed by atoms with van der Waals surface area (Å²) >= 11 is 0. The van der Waals surface area contributed by atoms with Crippen molar-refractivity contribution in [3.05, 3.63) is 83.3 Å². The Balaban J connectivity index is 1.77. The van der Waals surface area contributed by atoms with E-state index < -0.39 is 17.5 Å². The number of aromatic amines is 1. The Morgan fingerprint density at radius 2 is 1.71 bits per heavy atom. The van der Waals surface area contributed by atoms with Crippen molar-refractivity contribution in [3.8, 4) is 11.3 Å². The van der Waals surface area contributed by atoms with Crippen LogP contribution in [0.5, 0.6) is 0 Å². The van der Waals surface area contributed by atoms with E-state index in [0.717, 1.165) is 12.1 Å². The zero-order valence-corrected chi connectivity index (χ0v) is 12.3. The standard InChI is InChI=1S/C18H11F3N2O/c19-13-4-1-11(2-5-13)18(24)8-6-14-10-17(23-22-14)12-3-7-15(20)16(21)9-12/h1-10H,(H,22,23). The van der Waals surface area contributed by atoms with Crippen LogP contribution >= 0.6 is 0 Å². The van der Waals surface area contributed by atoms with Crippen molar-refractivity contribution < 1.29 is 18.0 Å². The van der Waals surface area contributed by atoms with Gasteiger partial charge < -0.3 is 0 Å². The van der Waals surface area contributed by atoms with Crippen molar-refractivity contribution in [2.75, 3.05) is 0 Å². The quantitative estimate of drug-likeness (QED) is 0.570. The van der Waals surface area contributed by atoms with Gasteiger partial charge in [0.1, 0.15) is 5.82 Å². The zero-order valence-electron chi connectivity index (χ0n) is 12.3. The van der Waals surface area contributed by atoms with Crippen LogP contribution < -0.4 is 0 Å². The lowest BCUT2D eigenvalue weighted by molar-refractivity contribution is 0.104. The topological polar surface area (TPSA) is 45.8 Å². The summed E-state index contributed by atoms with van der Waals surface area (Å²) in [6, 6.07) is 10.3. The highest BCUT2D eigenvalue weighted by Crippen LogP contribution is 2.20. The normalized spacial score (nSPS) is 11.1. The van der Waals surface area contributed by atoms with E-state index in [0.29, 0.717) is 22.5 Å². The van der Waals surface area contributed by atoms with Crippen LogP contribution in [-0.4, -0.2) is 16.0 Å². The molecule has 0 radical (unpaired) electrons. The largest absolute Gasteiger partial charge is 0.289 e. The summed E-state index contributed by atoms with van der Waals surface area (Å²) in [5.74, 6) is -2.60. The van der Waals surface area contributed by atoms with Gasteiger partial charge in [0.05, 0.1) is 11.4 Å². The minimum absolute atomic E-state index is 0.293. The summed E-state index contributed by atoms with van der Waals surface area (Å²) in [6.45, 7) is 0. The van der Waals surface area contributed by atoms with E-state index in [1.165, 1.54) is 42.5 Å². The second-order valence-corrected chi connectivity index (χ2v) is 5.04.